The molecule has 0 aliphatic heterocycles. The van der Waals surface area contributed by atoms with E-state index in [-0.39, 0.29) is 0 Å². The van der Waals surface area contributed by atoms with Crippen LogP contribution < -0.4 is 0 Å². The summed E-state index contributed by atoms with van der Waals surface area (Å²) >= 11 is 0. The van der Waals surface area contributed by atoms with E-state index in [4.69, 9.17) is 5.53 Å². The van der Waals surface area contributed by atoms with Gasteiger partial charge in [-0.05, 0) is 11.6 Å². The Morgan fingerprint density at radius 3 is 2.50 bits per heavy atom. The van der Waals surface area contributed by atoms with Gasteiger partial charge in [-0.2, -0.15) is 5.11 Å². The zero-order chi connectivity index (χ0) is 12.4. The highest BCUT2D eigenvalue weighted by Gasteiger charge is 2.09. The lowest BCUT2D eigenvalue weighted by Gasteiger charge is -2.07. The fraction of sp³-hybridized carbons (Fsp3) is 0. The Kier molecular flexibility index (Phi) is 2.57. The van der Waals surface area contributed by atoms with Gasteiger partial charge in [-0.1, -0.05) is 48.5 Å². The number of rotatable bonds is 2. The summed E-state index contributed by atoms with van der Waals surface area (Å²) in [7, 11) is 0. The van der Waals surface area contributed by atoms with Crippen LogP contribution in [0, 0.1) is 5.53 Å². The fourth-order valence-electron chi connectivity index (χ4n) is 2.09. The van der Waals surface area contributed by atoms with Crippen molar-refractivity contribution < 1.29 is 0 Å². The van der Waals surface area contributed by atoms with Crippen molar-refractivity contribution in [1.29, 1.82) is 5.53 Å². The van der Waals surface area contributed by atoms with E-state index in [1.807, 2.05) is 54.6 Å². The molecule has 0 amide bonds. The molecule has 3 rings (SSSR count). The Labute approximate surface area is 105 Å². The van der Waals surface area contributed by atoms with Gasteiger partial charge >= 0.3 is 0 Å². The van der Waals surface area contributed by atoms with Gasteiger partial charge in [-0.15, -0.1) is 0 Å². The Balaban J connectivity index is 2.34. The molecule has 0 unspecified atom stereocenters. The van der Waals surface area contributed by atoms with Gasteiger partial charge in [-0.3, -0.25) is 4.98 Å². The molecule has 0 bridgehead atoms. The summed E-state index contributed by atoms with van der Waals surface area (Å²) in [6.07, 6.45) is 1.73. The lowest BCUT2D eigenvalue weighted by atomic mass is 10.0. The number of aromatic nitrogens is 1. The Morgan fingerprint density at radius 1 is 0.889 bits per heavy atom. The molecule has 0 aliphatic rings. The summed E-state index contributed by atoms with van der Waals surface area (Å²) in [6, 6.07) is 17.8. The first-order valence-electron chi connectivity index (χ1n) is 5.71. The number of fused-ring (bicyclic) bond motifs is 1. The maximum absolute atomic E-state index is 7.40. The van der Waals surface area contributed by atoms with Crippen LogP contribution in [-0.4, -0.2) is 4.98 Å². The highest BCUT2D eigenvalue weighted by Crippen LogP contribution is 2.35. The normalized spacial score (nSPS) is 10.4. The van der Waals surface area contributed by atoms with Crippen LogP contribution in [0.5, 0.6) is 0 Å². The topological polar surface area (TPSA) is 49.1 Å². The van der Waals surface area contributed by atoms with Crippen molar-refractivity contribution in [2.75, 3.05) is 0 Å². The molecule has 1 N–H and O–H groups in total. The summed E-state index contributed by atoms with van der Waals surface area (Å²) in [4.78, 5) is 4.32. The number of hydrogen-bond acceptors (Lipinski definition) is 3. The minimum Gasteiger partial charge on any atom is -0.254 e. The third-order valence-electron chi connectivity index (χ3n) is 2.94. The van der Waals surface area contributed by atoms with Gasteiger partial charge in [0.1, 0.15) is 5.69 Å². The van der Waals surface area contributed by atoms with Gasteiger partial charge in [0.15, 0.2) is 0 Å². The molecule has 1 aromatic heterocycles. The van der Waals surface area contributed by atoms with Crippen LogP contribution in [-0.2, 0) is 0 Å². The van der Waals surface area contributed by atoms with Crippen LogP contribution in [0.15, 0.2) is 65.9 Å². The smallest absolute Gasteiger partial charge is 0.119 e. The van der Waals surface area contributed by atoms with Crippen LogP contribution in [0.3, 0.4) is 0 Å². The highest BCUT2D eigenvalue weighted by atomic mass is 15.0. The Morgan fingerprint density at radius 2 is 1.72 bits per heavy atom. The molecule has 0 saturated heterocycles. The van der Waals surface area contributed by atoms with E-state index >= 15 is 0 Å². The Bertz CT molecular complexity index is 705. The van der Waals surface area contributed by atoms with Crippen molar-refractivity contribution in [3.8, 4) is 11.1 Å². The standard InChI is InChI=1S/C15H11N3/c16-18-15-13(11-5-2-1-3-6-11)9-8-12-7-4-10-17-14(12)15/h1-10,16H. The molecular formula is C15H11N3. The van der Waals surface area contributed by atoms with Crippen molar-refractivity contribution >= 4 is 16.6 Å². The maximum atomic E-state index is 7.40. The van der Waals surface area contributed by atoms with E-state index in [0.717, 1.165) is 22.0 Å². The highest BCUT2D eigenvalue weighted by molar-refractivity contribution is 5.97. The van der Waals surface area contributed by atoms with E-state index < -0.39 is 0 Å². The van der Waals surface area contributed by atoms with Crippen LogP contribution in [0.4, 0.5) is 5.69 Å². The number of benzene rings is 2. The van der Waals surface area contributed by atoms with Gasteiger partial charge in [0, 0.05) is 17.1 Å². The minimum atomic E-state index is 0.624. The van der Waals surface area contributed by atoms with E-state index in [9.17, 15) is 0 Å². The molecule has 0 fully saturated rings. The van der Waals surface area contributed by atoms with Crippen molar-refractivity contribution in [2.45, 2.75) is 0 Å². The van der Waals surface area contributed by atoms with Crippen molar-refractivity contribution in [3.05, 3.63) is 60.8 Å². The zero-order valence-corrected chi connectivity index (χ0v) is 9.67. The lowest BCUT2D eigenvalue weighted by molar-refractivity contribution is 1.15. The predicted molar refractivity (Wildman–Crippen MR) is 72.0 cm³/mol. The molecule has 2 aromatic carbocycles. The van der Waals surface area contributed by atoms with Crippen LogP contribution in [0.25, 0.3) is 22.0 Å². The fourth-order valence-corrected chi connectivity index (χ4v) is 2.09. The molecule has 0 radical (unpaired) electrons. The summed E-state index contributed by atoms with van der Waals surface area (Å²) in [5.74, 6) is 0. The molecule has 1 heterocycles. The average molecular weight is 233 g/mol. The van der Waals surface area contributed by atoms with E-state index in [0.29, 0.717) is 5.69 Å². The molecule has 0 saturated carbocycles. The van der Waals surface area contributed by atoms with E-state index in [1.54, 1.807) is 6.20 Å². The van der Waals surface area contributed by atoms with Crippen LogP contribution in [0.2, 0.25) is 0 Å². The van der Waals surface area contributed by atoms with Gasteiger partial charge < -0.3 is 0 Å². The third-order valence-corrected chi connectivity index (χ3v) is 2.94. The number of nitrogens with zero attached hydrogens (tertiary/aromatic N) is 2. The first kappa shape index (κ1) is 10.6. The molecule has 3 aromatic rings. The van der Waals surface area contributed by atoms with Crippen LogP contribution >= 0.6 is 0 Å². The second kappa shape index (κ2) is 4.37. The molecule has 3 heteroatoms. The quantitative estimate of drug-likeness (QED) is 0.648. The first-order valence-corrected chi connectivity index (χ1v) is 5.71. The summed E-state index contributed by atoms with van der Waals surface area (Å²) in [5, 5.41) is 4.67. The molecule has 18 heavy (non-hydrogen) atoms. The van der Waals surface area contributed by atoms with Crippen molar-refractivity contribution in [3.63, 3.8) is 0 Å². The number of hydrogen-bond donors (Lipinski definition) is 1. The summed E-state index contributed by atoms with van der Waals surface area (Å²) in [6.45, 7) is 0. The van der Waals surface area contributed by atoms with Gasteiger partial charge in [0.25, 0.3) is 0 Å². The van der Waals surface area contributed by atoms with Gasteiger partial charge in [0.05, 0.1) is 5.52 Å². The number of pyridine rings is 1. The van der Waals surface area contributed by atoms with Crippen molar-refractivity contribution in [2.24, 2.45) is 5.11 Å². The van der Waals surface area contributed by atoms with Gasteiger partial charge in [0.2, 0.25) is 0 Å². The summed E-state index contributed by atoms with van der Waals surface area (Å²) < 4.78 is 0. The average Bonchev–Trinajstić information content (AvgIpc) is 2.47. The molecular weight excluding hydrogens is 222 g/mol. The largest absolute Gasteiger partial charge is 0.254 e. The molecule has 0 spiro atoms. The molecule has 0 aliphatic carbocycles. The molecule has 3 nitrogen and oxygen atoms in total. The van der Waals surface area contributed by atoms with Crippen molar-refractivity contribution in [1.82, 2.24) is 4.98 Å². The van der Waals surface area contributed by atoms with E-state index in [2.05, 4.69) is 10.1 Å². The first-order chi connectivity index (χ1) is 8.90. The van der Waals surface area contributed by atoms with E-state index in [1.165, 1.54) is 0 Å². The second-order valence-electron chi connectivity index (χ2n) is 4.01. The number of nitrogens with one attached hydrogen (secondary N) is 1. The zero-order valence-electron chi connectivity index (χ0n) is 9.67. The lowest BCUT2D eigenvalue weighted by Crippen LogP contribution is -1.83. The predicted octanol–water partition coefficient (Wildman–Crippen LogP) is 4.56. The van der Waals surface area contributed by atoms with Gasteiger partial charge in [-0.25, -0.2) is 5.53 Å². The SMILES string of the molecule is N=Nc1c(-c2ccccc2)ccc2cccnc12. The molecule has 0 atom stereocenters. The molecule has 86 valence electrons. The monoisotopic (exact) mass is 233 g/mol. The second-order valence-corrected chi connectivity index (χ2v) is 4.01. The summed E-state index contributed by atoms with van der Waals surface area (Å²) in [5.41, 5.74) is 10.8. The maximum Gasteiger partial charge on any atom is 0.119 e. The Hall–Kier alpha value is -2.55. The van der Waals surface area contributed by atoms with Crippen LogP contribution in [0.1, 0.15) is 0 Å². The third kappa shape index (κ3) is 1.66. The minimum absolute atomic E-state index is 0.624.